The van der Waals surface area contributed by atoms with Crippen molar-refractivity contribution in [3.8, 4) is 17.1 Å². The SMILES string of the molecule is CC(C)C(C)(c1ccc(OCc2ccccn2)cc1)c1ccc(-c2n[nH]c(C(C)(C)N)n2)cc1. The number of aromatic amines is 1. The molecule has 0 radical (unpaired) electrons. The van der Waals surface area contributed by atoms with Gasteiger partial charge >= 0.3 is 0 Å². The normalized spacial score (nSPS) is 13.6. The number of ether oxygens (including phenoxy) is 1. The highest BCUT2D eigenvalue weighted by Crippen LogP contribution is 2.40. The van der Waals surface area contributed by atoms with Gasteiger partial charge in [0.2, 0.25) is 0 Å². The minimum Gasteiger partial charge on any atom is -0.487 e. The highest BCUT2D eigenvalue weighted by molar-refractivity contribution is 5.56. The zero-order chi connectivity index (χ0) is 24.3. The van der Waals surface area contributed by atoms with E-state index in [2.05, 4.69) is 77.3 Å². The van der Waals surface area contributed by atoms with Crippen molar-refractivity contribution in [2.24, 2.45) is 11.7 Å². The number of H-pyrrole nitrogens is 1. The van der Waals surface area contributed by atoms with Crippen LogP contribution < -0.4 is 10.5 Å². The smallest absolute Gasteiger partial charge is 0.181 e. The van der Waals surface area contributed by atoms with Crippen molar-refractivity contribution in [3.63, 3.8) is 0 Å². The van der Waals surface area contributed by atoms with Crippen molar-refractivity contribution >= 4 is 0 Å². The molecule has 0 spiro atoms. The average Bonchev–Trinajstić information content (AvgIpc) is 3.34. The van der Waals surface area contributed by atoms with Crippen molar-refractivity contribution in [1.29, 1.82) is 0 Å². The van der Waals surface area contributed by atoms with Gasteiger partial charge in [0.1, 0.15) is 18.2 Å². The zero-order valence-corrected chi connectivity index (χ0v) is 20.5. The lowest BCUT2D eigenvalue weighted by atomic mass is 9.68. The van der Waals surface area contributed by atoms with Gasteiger partial charge in [-0.2, -0.15) is 5.10 Å². The quantitative estimate of drug-likeness (QED) is 0.361. The third kappa shape index (κ3) is 4.87. The topological polar surface area (TPSA) is 89.7 Å². The molecule has 176 valence electrons. The molecule has 0 saturated carbocycles. The first kappa shape index (κ1) is 23.6. The predicted octanol–water partition coefficient (Wildman–Crippen LogP) is 5.60. The Balaban J connectivity index is 1.55. The molecular formula is C28H33N5O. The third-order valence-corrected chi connectivity index (χ3v) is 6.56. The van der Waals surface area contributed by atoms with Gasteiger partial charge in [-0.05, 0) is 55.2 Å². The molecule has 0 bridgehead atoms. The van der Waals surface area contributed by atoms with Crippen LogP contribution in [0.5, 0.6) is 5.75 Å². The Bertz CT molecular complexity index is 1210. The number of hydrogen-bond donors (Lipinski definition) is 2. The molecule has 1 atom stereocenters. The average molecular weight is 456 g/mol. The molecule has 0 aliphatic carbocycles. The maximum Gasteiger partial charge on any atom is 0.181 e. The minimum atomic E-state index is -0.561. The summed E-state index contributed by atoms with van der Waals surface area (Å²) in [6, 6.07) is 22.7. The van der Waals surface area contributed by atoms with E-state index in [9.17, 15) is 0 Å². The largest absolute Gasteiger partial charge is 0.487 e. The number of hydrogen-bond acceptors (Lipinski definition) is 5. The fraction of sp³-hybridized carbons (Fsp3) is 0.321. The summed E-state index contributed by atoms with van der Waals surface area (Å²) in [5.41, 5.74) is 9.76. The maximum absolute atomic E-state index is 6.14. The summed E-state index contributed by atoms with van der Waals surface area (Å²) in [6.07, 6.45) is 1.78. The number of pyridine rings is 1. The summed E-state index contributed by atoms with van der Waals surface area (Å²) >= 11 is 0. The van der Waals surface area contributed by atoms with Gasteiger partial charge in [0.15, 0.2) is 5.82 Å². The minimum absolute atomic E-state index is 0.165. The Labute approximate surface area is 201 Å². The molecule has 4 rings (SSSR count). The van der Waals surface area contributed by atoms with Gasteiger partial charge in [-0.15, -0.1) is 0 Å². The van der Waals surface area contributed by atoms with E-state index in [1.807, 2.05) is 44.2 Å². The first-order chi connectivity index (χ1) is 16.2. The first-order valence-corrected chi connectivity index (χ1v) is 11.6. The summed E-state index contributed by atoms with van der Waals surface area (Å²) in [5.74, 6) is 2.54. The van der Waals surface area contributed by atoms with E-state index >= 15 is 0 Å². The van der Waals surface area contributed by atoms with Crippen molar-refractivity contribution < 1.29 is 4.74 Å². The molecule has 0 aliphatic heterocycles. The van der Waals surface area contributed by atoms with Gasteiger partial charge in [-0.25, -0.2) is 4.98 Å². The highest BCUT2D eigenvalue weighted by atomic mass is 16.5. The van der Waals surface area contributed by atoms with Crippen LogP contribution in [0.15, 0.2) is 72.9 Å². The Morgan fingerprint density at radius 1 is 0.912 bits per heavy atom. The fourth-order valence-corrected chi connectivity index (χ4v) is 4.02. The molecule has 2 heterocycles. The molecule has 2 aromatic heterocycles. The molecule has 3 N–H and O–H groups in total. The highest BCUT2D eigenvalue weighted by Gasteiger charge is 2.32. The van der Waals surface area contributed by atoms with Gasteiger partial charge in [0.25, 0.3) is 0 Å². The van der Waals surface area contributed by atoms with Gasteiger partial charge in [-0.3, -0.25) is 10.1 Å². The molecule has 34 heavy (non-hydrogen) atoms. The molecule has 2 aromatic carbocycles. The fourth-order valence-electron chi connectivity index (χ4n) is 4.02. The van der Waals surface area contributed by atoms with Gasteiger partial charge in [-0.1, -0.05) is 63.2 Å². The number of nitrogens with zero attached hydrogens (tertiary/aromatic N) is 3. The van der Waals surface area contributed by atoms with Crippen LogP contribution in [0.2, 0.25) is 0 Å². The van der Waals surface area contributed by atoms with Crippen molar-refractivity contribution in [2.75, 3.05) is 0 Å². The van der Waals surface area contributed by atoms with Crippen LogP contribution in [0, 0.1) is 5.92 Å². The molecular weight excluding hydrogens is 422 g/mol. The van der Waals surface area contributed by atoms with Crippen LogP contribution in [-0.4, -0.2) is 20.2 Å². The van der Waals surface area contributed by atoms with E-state index in [4.69, 9.17) is 10.5 Å². The van der Waals surface area contributed by atoms with E-state index in [0.29, 0.717) is 24.2 Å². The van der Waals surface area contributed by atoms with Crippen LogP contribution in [0.3, 0.4) is 0 Å². The van der Waals surface area contributed by atoms with Crippen LogP contribution in [-0.2, 0) is 17.6 Å². The lowest BCUT2D eigenvalue weighted by molar-refractivity contribution is 0.301. The molecule has 0 saturated heterocycles. The van der Waals surface area contributed by atoms with Crippen LogP contribution >= 0.6 is 0 Å². The lowest BCUT2D eigenvalue weighted by Gasteiger charge is -2.35. The van der Waals surface area contributed by atoms with Gasteiger partial charge in [0, 0.05) is 17.2 Å². The molecule has 0 fully saturated rings. The van der Waals surface area contributed by atoms with Crippen LogP contribution in [0.4, 0.5) is 0 Å². The summed E-state index contributed by atoms with van der Waals surface area (Å²) in [5, 5.41) is 7.31. The van der Waals surface area contributed by atoms with E-state index < -0.39 is 5.54 Å². The standard InChI is InChI=1S/C28H33N5O/c1-19(2)28(5,22-13-15-24(16-14-22)34-18-23-8-6-7-17-30-23)21-11-9-20(10-12-21)25-31-26(33-32-25)27(3,4)29/h6-17,19H,18,29H2,1-5H3,(H,31,32,33). The molecule has 1 unspecified atom stereocenters. The van der Waals surface area contributed by atoms with Crippen LogP contribution in [0.1, 0.15) is 57.3 Å². The summed E-state index contributed by atoms with van der Waals surface area (Å²) in [4.78, 5) is 8.89. The second-order valence-corrected chi connectivity index (χ2v) is 9.80. The number of nitrogens with one attached hydrogen (secondary N) is 1. The van der Waals surface area contributed by atoms with E-state index in [-0.39, 0.29) is 5.41 Å². The molecule has 6 heteroatoms. The third-order valence-electron chi connectivity index (χ3n) is 6.56. The van der Waals surface area contributed by atoms with Gasteiger partial charge in [0.05, 0.1) is 11.2 Å². The zero-order valence-electron chi connectivity index (χ0n) is 20.5. The monoisotopic (exact) mass is 455 g/mol. The van der Waals surface area contributed by atoms with Crippen molar-refractivity contribution in [2.45, 2.75) is 52.2 Å². The number of aromatic nitrogens is 4. The van der Waals surface area contributed by atoms with E-state index in [1.165, 1.54) is 11.1 Å². The Morgan fingerprint density at radius 2 is 1.56 bits per heavy atom. The Kier molecular flexibility index (Phi) is 6.53. The Morgan fingerprint density at radius 3 is 2.09 bits per heavy atom. The number of rotatable bonds is 8. The second kappa shape index (κ2) is 9.39. The molecule has 4 aromatic rings. The second-order valence-electron chi connectivity index (χ2n) is 9.80. The molecule has 6 nitrogen and oxygen atoms in total. The number of benzene rings is 2. The predicted molar refractivity (Wildman–Crippen MR) is 135 cm³/mol. The molecule has 0 amide bonds. The van der Waals surface area contributed by atoms with Crippen molar-refractivity contribution in [1.82, 2.24) is 20.2 Å². The number of nitrogens with two attached hydrogens (primary N) is 1. The molecule has 0 aliphatic rings. The summed E-state index contributed by atoms with van der Waals surface area (Å²) in [7, 11) is 0. The van der Waals surface area contributed by atoms with Crippen LogP contribution in [0.25, 0.3) is 11.4 Å². The maximum atomic E-state index is 6.14. The van der Waals surface area contributed by atoms with E-state index in [1.54, 1.807) is 6.20 Å². The Hall–Kier alpha value is -3.51. The van der Waals surface area contributed by atoms with Crippen molar-refractivity contribution in [3.05, 3.63) is 95.6 Å². The first-order valence-electron chi connectivity index (χ1n) is 11.6. The van der Waals surface area contributed by atoms with E-state index in [0.717, 1.165) is 17.0 Å². The lowest BCUT2D eigenvalue weighted by Crippen LogP contribution is -2.30. The summed E-state index contributed by atoms with van der Waals surface area (Å²) in [6.45, 7) is 11.1. The van der Waals surface area contributed by atoms with Gasteiger partial charge < -0.3 is 10.5 Å². The summed E-state index contributed by atoms with van der Waals surface area (Å²) < 4.78 is 5.93.